The van der Waals surface area contributed by atoms with E-state index in [1.807, 2.05) is 92.8 Å². The first-order valence-electron chi connectivity index (χ1n) is 9.87. The van der Waals surface area contributed by atoms with Crippen molar-refractivity contribution in [2.45, 2.75) is 13.5 Å². The molecule has 4 rings (SSSR count). The SMILES string of the molecule is Cc1cc(N(C)Cc2ccccc2)nc(Nc2ccccc2Oc2ccccc2)n1. The summed E-state index contributed by atoms with van der Waals surface area (Å²) in [6.45, 7) is 2.74. The van der Waals surface area contributed by atoms with Crippen molar-refractivity contribution in [3.05, 3.63) is 102 Å². The van der Waals surface area contributed by atoms with Crippen LogP contribution in [0.5, 0.6) is 11.5 Å². The molecule has 30 heavy (non-hydrogen) atoms. The van der Waals surface area contributed by atoms with Gasteiger partial charge in [-0.05, 0) is 36.8 Å². The fourth-order valence-electron chi connectivity index (χ4n) is 3.14. The number of aromatic nitrogens is 2. The highest BCUT2D eigenvalue weighted by molar-refractivity contribution is 5.64. The molecular weight excluding hydrogens is 372 g/mol. The van der Waals surface area contributed by atoms with E-state index in [9.17, 15) is 0 Å². The molecule has 0 aliphatic rings. The third-order valence-corrected chi connectivity index (χ3v) is 4.60. The summed E-state index contributed by atoms with van der Waals surface area (Å²) in [6.07, 6.45) is 0. The van der Waals surface area contributed by atoms with Crippen LogP contribution in [0, 0.1) is 6.92 Å². The minimum Gasteiger partial charge on any atom is -0.455 e. The summed E-state index contributed by atoms with van der Waals surface area (Å²) < 4.78 is 6.04. The van der Waals surface area contributed by atoms with E-state index in [0.29, 0.717) is 11.7 Å². The second-order valence-electron chi connectivity index (χ2n) is 7.07. The molecule has 0 saturated carbocycles. The minimum atomic E-state index is 0.536. The van der Waals surface area contributed by atoms with E-state index in [0.717, 1.165) is 29.5 Å². The van der Waals surface area contributed by atoms with Crippen LogP contribution in [0.3, 0.4) is 0 Å². The van der Waals surface area contributed by atoms with Crippen molar-refractivity contribution in [1.82, 2.24) is 9.97 Å². The van der Waals surface area contributed by atoms with Gasteiger partial charge in [-0.25, -0.2) is 4.98 Å². The molecule has 150 valence electrons. The predicted molar refractivity (Wildman–Crippen MR) is 122 cm³/mol. The van der Waals surface area contributed by atoms with Crippen molar-refractivity contribution in [2.24, 2.45) is 0 Å². The van der Waals surface area contributed by atoms with E-state index in [2.05, 4.69) is 27.3 Å². The fourth-order valence-corrected chi connectivity index (χ4v) is 3.14. The van der Waals surface area contributed by atoms with Gasteiger partial charge in [-0.3, -0.25) is 0 Å². The first-order chi connectivity index (χ1) is 14.7. The molecule has 1 heterocycles. The second kappa shape index (κ2) is 9.09. The van der Waals surface area contributed by atoms with E-state index in [-0.39, 0.29) is 0 Å². The summed E-state index contributed by atoms with van der Waals surface area (Å²) >= 11 is 0. The van der Waals surface area contributed by atoms with Gasteiger partial charge in [-0.15, -0.1) is 0 Å². The van der Waals surface area contributed by atoms with E-state index in [4.69, 9.17) is 9.72 Å². The number of hydrogen-bond donors (Lipinski definition) is 1. The topological polar surface area (TPSA) is 50.3 Å². The molecule has 0 bridgehead atoms. The van der Waals surface area contributed by atoms with Crippen LogP contribution in [0.4, 0.5) is 17.5 Å². The molecule has 0 fully saturated rings. The lowest BCUT2D eigenvalue weighted by atomic mass is 10.2. The predicted octanol–water partition coefficient (Wildman–Crippen LogP) is 5.96. The summed E-state index contributed by atoms with van der Waals surface area (Å²) in [5.74, 6) is 2.89. The third-order valence-electron chi connectivity index (χ3n) is 4.60. The molecule has 3 aromatic carbocycles. The fraction of sp³-hybridized carbons (Fsp3) is 0.120. The molecule has 5 heteroatoms. The molecule has 0 amide bonds. The Balaban J connectivity index is 1.55. The first-order valence-corrected chi connectivity index (χ1v) is 9.87. The average molecular weight is 396 g/mol. The molecule has 0 aliphatic heterocycles. The van der Waals surface area contributed by atoms with Gasteiger partial charge in [0.05, 0.1) is 5.69 Å². The van der Waals surface area contributed by atoms with Gasteiger partial charge in [0.15, 0.2) is 5.75 Å². The quantitative estimate of drug-likeness (QED) is 0.418. The van der Waals surface area contributed by atoms with Crippen LogP contribution < -0.4 is 15.0 Å². The van der Waals surface area contributed by atoms with E-state index >= 15 is 0 Å². The first kappa shape index (κ1) is 19.5. The summed E-state index contributed by atoms with van der Waals surface area (Å²) in [5.41, 5.74) is 2.93. The monoisotopic (exact) mass is 396 g/mol. The van der Waals surface area contributed by atoms with Crippen LogP contribution in [-0.2, 0) is 6.54 Å². The summed E-state index contributed by atoms with van der Waals surface area (Å²) in [7, 11) is 2.03. The van der Waals surface area contributed by atoms with E-state index in [1.165, 1.54) is 5.56 Å². The van der Waals surface area contributed by atoms with E-state index < -0.39 is 0 Å². The number of ether oxygens (including phenoxy) is 1. The number of benzene rings is 3. The maximum atomic E-state index is 6.04. The number of nitrogens with zero attached hydrogens (tertiary/aromatic N) is 3. The van der Waals surface area contributed by atoms with Gasteiger partial charge in [0.1, 0.15) is 11.6 Å². The highest BCUT2D eigenvalue weighted by Gasteiger charge is 2.10. The van der Waals surface area contributed by atoms with Crippen LogP contribution in [0.15, 0.2) is 91.0 Å². The normalized spacial score (nSPS) is 10.5. The Morgan fingerprint density at radius 3 is 2.27 bits per heavy atom. The zero-order valence-corrected chi connectivity index (χ0v) is 17.1. The molecule has 4 aromatic rings. The summed E-state index contributed by atoms with van der Waals surface area (Å²) in [4.78, 5) is 11.4. The average Bonchev–Trinajstić information content (AvgIpc) is 2.76. The van der Waals surface area contributed by atoms with Crippen LogP contribution in [0.1, 0.15) is 11.3 Å². The Morgan fingerprint density at radius 1 is 0.833 bits per heavy atom. The van der Waals surface area contributed by atoms with Crippen molar-refractivity contribution < 1.29 is 4.74 Å². The van der Waals surface area contributed by atoms with Crippen LogP contribution in [-0.4, -0.2) is 17.0 Å². The van der Waals surface area contributed by atoms with Gasteiger partial charge in [-0.2, -0.15) is 4.98 Å². The molecular formula is C25H24N4O. The van der Waals surface area contributed by atoms with Gasteiger partial charge < -0.3 is 15.0 Å². The zero-order valence-electron chi connectivity index (χ0n) is 17.1. The number of hydrogen-bond acceptors (Lipinski definition) is 5. The minimum absolute atomic E-state index is 0.536. The lowest BCUT2D eigenvalue weighted by molar-refractivity contribution is 0.485. The lowest BCUT2D eigenvalue weighted by Crippen LogP contribution is -2.18. The molecule has 0 aliphatic carbocycles. The van der Waals surface area contributed by atoms with Crippen LogP contribution >= 0.6 is 0 Å². The Hall–Kier alpha value is -3.86. The second-order valence-corrected chi connectivity index (χ2v) is 7.07. The molecule has 0 spiro atoms. The highest BCUT2D eigenvalue weighted by Crippen LogP contribution is 2.31. The van der Waals surface area contributed by atoms with E-state index in [1.54, 1.807) is 0 Å². The zero-order chi connectivity index (χ0) is 20.8. The Bertz CT molecular complexity index is 1100. The van der Waals surface area contributed by atoms with Crippen molar-refractivity contribution in [3.8, 4) is 11.5 Å². The Labute approximate surface area is 177 Å². The summed E-state index contributed by atoms with van der Waals surface area (Å²) in [6, 6.07) is 29.8. The molecule has 1 aromatic heterocycles. The van der Waals surface area contributed by atoms with Gasteiger partial charge in [0.2, 0.25) is 5.95 Å². The number of aryl methyl sites for hydroxylation is 1. The number of anilines is 3. The molecule has 0 unspecified atom stereocenters. The molecule has 1 N–H and O–H groups in total. The van der Waals surface area contributed by atoms with Gasteiger partial charge in [0, 0.05) is 25.4 Å². The lowest BCUT2D eigenvalue weighted by Gasteiger charge is -2.20. The Kier molecular flexibility index (Phi) is 5.90. The van der Waals surface area contributed by atoms with Crippen LogP contribution in [0.25, 0.3) is 0 Å². The van der Waals surface area contributed by atoms with Crippen molar-refractivity contribution in [2.75, 3.05) is 17.3 Å². The van der Waals surface area contributed by atoms with Gasteiger partial charge in [-0.1, -0.05) is 60.7 Å². The van der Waals surface area contributed by atoms with Crippen molar-refractivity contribution in [3.63, 3.8) is 0 Å². The molecule has 5 nitrogen and oxygen atoms in total. The van der Waals surface area contributed by atoms with Crippen molar-refractivity contribution >= 4 is 17.5 Å². The summed E-state index contributed by atoms with van der Waals surface area (Å²) in [5, 5.41) is 3.32. The molecule has 0 radical (unpaired) electrons. The molecule has 0 atom stereocenters. The Morgan fingerprint density at radius 2 is 1.50 bits per heavy atom. The largest absolute Gasteiger partial charge is 0.455 e. The number of nitrogens with one attached hydrogen (secondary N) is 1. The maximum Gasteiger partial charge on any atom is 0.229 e. The maximum absolute atomic E-state index is 6.04. The highest BCUT2D eigenvalue weighted by atomic mass is 16.5. The molecule has 0 saturated heterocycles. The number of rotatable bonds is 7. The van der Waals surface area contributed by atoms with Crippen LogP contribution in [0.2, 0.25) is 0 Å². The van der Waals surface area contributed by atoms with Gasteiger partial charge in [0.25, 0.3) is 0 Å². The standard InChI is InChI=1S/C25H24N4O/c1-19-17-24(29(2)18-20-11-5-3-6-12-20)28-25(26-19)27-22-15-9-10-16-23(22)30-21-13-7-4-8-14-21/h3-17H,18H2,1-2H3,(H,26,27,28). The smallest absolute Gasteiger partial charge is 0.229 e. The van der Waals surface area contributed by atoms with Crippen molar-refractivity contribution in [1.29, 1.82) is 0 Å². The van der Waals surface area contributed by atoms with Gasteiger partial charge >= 0.3 is 0 Å². The number of para-hydroxylation sites is 3. The third kappa shape index (κ3) is 4.94.